The van der Waals surface area contributed by atoms with Crippen molar-refractivity contribution in [3.8, 4) is 5.75 Å². The van der Waals surface area contributed by atoms with E-state index in [1.807, 2.05) is 17.1 Å². The summed E-state index contributed by atoms with van der Waals surface area (Å²) < 4.78 is 20.9. The molecule has 0 bridgehead atoms. The van der Waals surface area contributed by atoms with E-state index in [0.717, 1.165) is 49.3 Å². The Bertz CT molecular complexity index is 898. The van der Waals surface area contributed by atoms with Crippen LogP contribution in [-0.4, -0.2) is 38.9 Å². The van der Waals surface area contributed by atoms with Gasteiger partial charge in [0.05, 0.1) is 6.20 Å². The van der Waals surface area contributed by atoms with Crippen LogP contribution in [0.1, 0.15) is 38.3 Å². The standard InChI is InChI=1S/C21H25FN4O/c1-15(2)26-21-17(13-24-26)11-16(12-23-21)14-25-9-7-20(8-10-25)27-19-5-3-18(22)4-6-19/h3-6,11-13,15,20H,7-10,14H2,1-2H3. The monoisotopic (exact) mass is 368 g/mol. The van der Waals surface area contributed by atoms with Gasteiger partial charge in [-0.3, -0.25) is 4.90 Å². The number of likely N-dealkylation sites (tertiary alicyclic amines) is 1. The molecule has 0 saturated carbocycles. The first kappa shape index (κ1) is 17.9. The molecule has 5 nitrogen and oxygen atoms in total. The molecule has 0 N–H and O–H groups in total. The van der Waals surface area contributed by atoms with Gasteiger partial charge in [-0.1, -0.05) is 0 Å². The molecule has 2 aromatic heterocycles. The lowest BCUT2D eigenvalue weighted by molar-refractivity contribution is 0.0967. The number of ether oxygens (including phenoxy) is 1. The SMILES string of the molecule is CC(C)n1ncc2cc(CN3CCC(Oc4ccc(F)cc4)CC3)cnc21. The van der Waals surface area contributed by atoms with Crippen LogP contribution in [0, 0.1) is 5.82 Å². The van der Waals surface area contributed by atoms with Crippen molar-refractivity contribution < 1.29 is 9.13 Å². The molecule has 3 heterocycles. The van der Waals surface area contributed by atoms with Gasteiger partial charge in [-0.05, 0) is 62.6 Å². The molecule has 1 fully saturated rings. The molecule has 0 unspecified atom stereocenters. The number of pyridine rings is 1. The van der Waals surface area contributed by atoms with E-state index in [-0.39, 0.29) is 11.9 Å². The summed E-state index contributed by atoms with van der Waals surface area (Å²) in [5, 5.41) is 5.53. The van der Waals surface area contributed by atoms with E-state index in [4.69, 9.17) is 4.74 Å². The molecule has 1 saturated heterocycles. The minimum absolute atomic E-state index is 0.191. The van der Waals surface area contributed by atoms with Gasteiger partial charge >= 0.3 is 0 Å². The van der Waals surface area contributed by atoms with Crippen LogP contribution in [0.2, 0.25) is 0 Å². The Morgan fingerprint density at radius 2 is 1.89 bits per heavy atom. The van der Waals surface area contributed by atoms with Crippen molar-refractivity contribution in [1.82, 2.24) is 19.7 Å². The fraction of sp³-hybridized carbons (Fsp3) is 0.429. The van der Waals surface area contributed by atoms with Gasteiger partial charge < -0.3 is 4.74 Å². The Labute approximate surface area is 158 Å². The Morgan fingerprint density at radius 1 is 1.15 bits per heavy atom. The average molecular weight is 368 g/mol. The lowest BCUT2D eigenvalue weighted by Crippen LogP contribution is -2.37. The van der Waals surface area contributed by atoms with E-state index < -0.39 is 0 Å². The van der Waals surface area contributed by atoms with Gasteiger partial charge in [-0.15, -0.1) is 0 Å². The summed E-state index contributed by atoms with van der Waals surface area (Å²) in [5.41, 5.74) is 2.16. The topological polar surface area (TPSA) is 43.2 Å². The van der Waals surface area contributed by atoms with E-state index in [0.29, 0.717) is 6.04 Å². The zero-order valence-electron chi connectivity index (χ0n) is 15.8. The Kier molecular flexibility index (Phi) is 5.07. The van der Waals surface area contributed by atoms with E-state index in [1.165, 1.54) is 17.7 Å². The van der Waals surface area contributed by atoms with Crippen molar-refractivity contribution in [1.29, 1.82) is 0 Å². The molecule has 1 aromatic carbocycles. The first-order chi connectivity index (χ1) is 13.1. The molecule has 0 spiro atoms. The fourth-order valence-corrected chi connectivity index (χ4v) is 3.60. The van der Waals surface area contributed by atoms with E-state index >= 15 is 0 Å². The molecule has 1 aliphatic heterocycles. The van der Waals surface area contributed by atoms with E-state index in [1.54, 1.807) is 12.1 Å². The quantitative estimate of drug-likeness (QED) is 0.677. The van der Waals surface area contributed by atoms with Gasteiger partial charge in [0.15, 0.2) is 5.65 Å². The average Bonchev–Trinajstić information content (AvgIpc) is 3.09. The maximum atomic E-state index is 13.0. The number of benzene rings is 1. The van der Waals surface area contributed by atoms with Crippen LogP contribution in [0.4, 0.5) is 4.39 Å². The highest BCUT2D eigenvalue weighted by Crippen LogP contribution is 2.22. The Balaban J connectivity index is 1.33. The molecule has 0 amide bonds. The summed E-state index contributed by atoms with van der Waals surface area (Å²) in [7, 11) is 0. The van der Waals surface area contributed by atoms with Gasteiger partial charge in [-0.25, -0.2) is 14.1 Å². The van der Waals surface area contributed by atoms with Crippen molar-refractivity contribution >= 4 is 11.0 Å². The number of fused-ring (bicyclic) bond motifs is 1. The third kappa shape index (κ3) is 4.11. The Hall–Kier alpha value is -2.47. The van der Waals surface area contributed by atoms with Crippen LogP contribution in [0.3, 0.4) is 0 Å². The number of hydrogen-bond acceptors (Lipinski definition) is 4. The number of piperidine rings is 1. The minimum atomic E-state index is -0.235. The zero-order chi connectivity index (χ0) is 18.8. The molecule has 0 aliphatic carbocycles. The van der Waals surface area contributed by atoms with Gasteiger partial charge in [0, 0.05) is 37.3 Å². The van der Waals surface area contributed by atoms with Crippen LogP contribution in [0.15, 0.2) is 42.7 Å². The third-order valence-corrected chi connectivity index (χ3v) is 5.04. The second-order valence-electron chi connectivity index (χ2n) is 7.49. The predicted octanol–water partition coefficient (Wildman–Crippen LogP) is 4.19. The highest BCUT2D eigenvalue weighted by atomic mass is 19.1. The van der Waals surface area contributed by atoms with Crippen molar-refractivity contribution in [2.45, 2.75) is 45.4 Å². The van der Waals surface area contributed by atoms with Crippen molar-refractivity contribution in [3.63, 3.8) is 0 Å². The van der Waals surface area contributed by atoms with Gasteiger partial charge in [0.1, 0.15) is 17.7 Å². The number of hydrogen-bond donors (Lipinski definition) is 0. The van der Waals surface area contributed by atoms with Gasteiger partial charge in [0.25, 0.3) is 0 Å². The molecule has 142 valence electrons. The van der Waals surface area contributed by atoms with Gasteiger partial charge in [-0.2, -0.15) is 5.10 Å². The number of halogens is 1. The summed E-state index contributed by atoms with van der Waals surface area (Å²) >= 11 is 0. The molecular formula is C21H25FN4O. The maximum absolute atomic E-state index is 13.0. The summed E-state index contributed by atoms with van der Waals surface area (Å²) in [6.07, 6.45) is 5.99. The summed E-state index contributed by atoms with van der Waals surface area (Å²) in [5.74, 6) is 0.508. The summed E-state index contributed by atoms with van der Waals surface area (Å²) in [4.78, 5) is 7.06. The lowest BCUT2D eigenvalue weighted by Gasteiger charge is -2.32. The lowest BCUT2D eigenvalue weighted by atomic mass is 10.1. The molecule has 1 aliphatic rings. The largest absolute Gasteiger partial charge is 0.490 e. The van der Waals surface area contributed by atoms with Gasteiger partial charge in [0.2, 0.25) is 0 Å². The summed E-state index contributed by atoms with van der Waals surface area (Å²) in [6.45, 7) is 7.07. The first-order valence-electron chi connectivity index (χ1n) is 9.55. The minimum Gasteiger partial charge on any atom is -0.490 e. The summed E-state index contributed by atoms with van der Waals surface area (Å²) in [6, 6.07) is 8.76. The number of rotatable bonds is 5. The fourth-order valence-electron chi connectivity index (χ4n) is 3.60. The smallest absolute Gasteiger partial charge is 0.157 e. The van der Waals surface area contributed by atoms with E-state index in [2.05, 4.69) is 34.9 Å². The molecule has 6 heteroatoms. The highest BCUT2D eigenvalue weighted by Gasteiger charge is 2.21. The van der Waals surface area contributed by atoms with Crippen LogP contribution in [-0.2, 0) is 6.54 Å². The molecule has 27 heavy (non-hydrogen) atoms. The van der Waals surface area contributed by atoms with E-state index in [9.17, 15) is 4.39 Å². The van der Waals surface area contributed by atoms with Crippen molar-refractivity contribution in [2.75, 3.05) is 13.1 Å². The molecule has 4 rings (SSSR count). The predicted molar refractivity (Wildman–Crippen MR) is 103 cm³/mol. The first-order valence-corrected chi connectivity index (χ1v) is 9.55. The highest BCUT2D eigenvalue weighted by molar-refractivity contribution is 5.75. The van der Waals surface area contributed by atoms with Crippen molar-refractivity contribution in [2.24, 2.45) is 0 Å². The number of nitrogens with zero attached hydrogens (tertiary/aromatic N) is 4. The molecule has 3 aromatic rings. The maximum Gasteiger partial charge on any atom is 0.157 e. The third-order valence-electron chi connectivity index (χ3n) is 5.04. The Morgan fingerprint density at radius 3 is 2.59 bits per heavy atom. The van der Waals surface area contributed by atoms with Crippen LogP contribution < -0.4 is 4.74 Å². The second-order valence-corrected chi connectivity index (χ2v) is 7.49. The molecule has 0 radical (unpaired) electrons. The molecule has 0 atom stereocenters. The molecular weight excluding hydrogens is 343 g/mol. The second kappa shape index (κ2) is 7.64. The normalized spacial score (nSPS) is 16.3. The number of aromatic nitrogens is 3. The van der Waals surface area contributed by atoms with Crippen LogP contribution >= 0.6 is 0 Å². The van der Waals surface area contributed by atoms with Crippen molar-refractivity contribution in [3.05, 3.63) is 54.1 Å². The van der Waals surface area contributed by atoms with Crippen LogP contribution in [0.25, 0.3) is 11.0 Å². The zero-order valence-corrected chi connectivity index (χ0v) is 15.8. The van der Waals surface area contributed by atoms with Crippen LogP contribution in [0.5, 0.6) is 5.75 Å².